The molecule has 5 nitrogen and oxygen atoms in total. The van der Waals surface area contributed by atoms with Crippen molar-refractivity contribution in [2.45, 2.75) is 12.8 Å². The van der Waals surface area contributed by atoms with Crippen molar-refractivity contribution in [2.24, 2.45) is 0 Å². The standard InChI is InChI=1S/C25H21NO4S/c27-25(28)22-7-3-4-19(16-22)9-8-18-10-13-23(14-11-18)26(31(29)30)24-15-12-20-5-1-2-6-21(20)17-24/h1-7,10-17H,8-9H2,(H,27,28)(H,29,30)/p-1. The second-order valence-electron chi connectivity index (χ2n) is 7.21. The van der Waals surface area contributed by atoms with Crippen molar-refractivity contribution in [3.63, 3.8) is 0 Å². The summed E-state index contributed by atoms with van der Waals surface area (Å²) in [6.45, 7) is 0. The summed E-state index contributed by atoms with van der Waals surface area (Å²) in [7, 11) is 0. The quantitative estimate of drug-likeness (QED) is 0.406. The van der Waals surface area contributed by atoms with Crippen LogP contribution in [0.15, 0.2) is 91.0 Å². The van der Waals surface area contributed by atoms with Gasteiger partial charge in [-0.1, -0.05) is 54.6 Å². The Kier molecular flexibility index (Phi) is 6.11. The first kappa shape index (κ1) is 20.8. The molecule has 1 atom stereocenters. The van der Waals surface area contributed by atoms with E-state index in [1.54, 1.807) is 36.4 Å². The number of fused-ring (bicyclic) bond motifs is 1. The Morgan fingerprint density at radius 1 is 0.774 bits per heavy atom. The van der Waals surface area contributed by atoms with Crippen LogP contribution in [0.25, 0.3) is 10.8 Å². The maximum Gasteiger partial charge on any atom is 0.335 e. The van der Waals surface area contributed by atoms with Gasteiger partial charge < -0.3 is 9.66 Å². The zero-order valence-corrected chi connectivity index (χ0v) is 17.4. The van der Waals surface area contributed by atoms with E-state index in [0.717, 1.165) is 28.3 Å². The molecule has 0 aromatic heterocycles. The summed E-state index contributed by atoms with van der Waals surface area (Å²) in [5.41, 5.74) is 3.39. The van der Waals surface area contributed by atoms with Gasteiger partial charge in [0.2, 0.25) is 0 Å². The second kappa shape index (κ2) is 9.12. The molecular weight excluding hydrogens is 410 g/mol. The molecule has 156 valence electrons. The molecule has 4 aromatic carbocycles. The number of aryl methyl sites for hydroxylation is 2. The van der Waals surface area contributed by atoms with Crippen LogP contribution < -0.4 is 4.31 Å². The molecule has 0 spiro atoms. The van der Waals surface area contributed by atoms with Gasteiger partial charge in [0.05, 0.1) is 28.2 Å². The molecular formula is C25H20NO4S-. The lowest BCUT2D eigenvalue weighted by atomic mass is 10.0. The Morgan fingerprint density at radius 2 is 1.45 bits per heavy atom. The van der Waals surface area contributed by atoms with Gasteiger partial charge in [0.25, 0.3) is 0 Å². The molecule has 0 amide bonds. The summed E-state index contributed by atoms with van der Waals surface area (Å²) in [5, 5.41) is 11.1. The Bertz CT molecular complexity index is 1250. The zero-order chi connectivity index (χ0) is 21.8. The van der Waals surface area contributed by atoms with Crippen LogP contribution in [0.5, 0.6) is 0 Å². The normalized spacial score (nSPS) is 11.9. The number of carbonyl (C=O) groups is 1. The van der Waals surface area contributed by atoms with Crippen LogP contribution in [0.1, 0.15) is 21.5 Å². The van der Waals surface area contributed by atoms with Crippen LogP contribution >= 0.6 is 0 Å². The molecule has 0 aliphatic carbocycles. The monoisotopic (exact) mass is 430 g/mol. The highest BCUT2D eigenvalue weighted by molar-refractivity contribution is 7.81. The lowest BCUT2D eigenvalue weighted by Gasteiger charge is -2.27. The molecule has 0 saturated carbocycles. The highest BCUT2D eigenvalue weighted by Crippen LogP contribution is 2.30. The number of carboxylic acids is 1. The molecule has 1 unspecified atom stereocenters. The van der Waals surface area contributed by atoms with E-state index in [2.05, 4.69) is 0 Å². The number of rotatable bonds is 7. The van der Waals surface area contributed by atoms with Crippen molar-refractivity contribution >= 4 is 39.4 Å². The van der Waals surface area contributed by atoms with E-state index in [1.165, 1.54) is 4.31 Å². The van der Waals surface area contributed by atoms with Crippen molar-refractivity contribution in [3.8, 4) is 0 Å². The van der Waals surface area contributed by atoms with Crippen LogP contribution in [0.3, 0.4) is 0 Å². The van der Waals surface area contributed by atoms with Crippen molar-refractivity contribution in [2.75, 3.05) is 4.31 Å². The Morgan fingerprint density at radius 3 is 2.16 bits per heavy atom. The maximum absolute atomic E-state index is 12.0. The van der Waals surface area contributed by atoms with Gasteiger partial charge >= 0.3 is 5.97 Å². The summed E-state index contributed by atoms with van der Waals surface area (Å²) in [6, 6.07) is 27.6. The third kappa shape index (κ3) is 4.82. The first-order chi connectivity index (χ1) is 15.0. The molecule has 0 bridgehead atoms. The van der Waals surface area contributed by atoms with E-state index in [0.29, 0.717) is 17.8 Å². The lowest BCUT2D eigenvalue weighted by Crippen LogP contribution is -2.19. The van der Waals surface area contributed by atoms with Crippen molar-refractivity contribution in [1.29, 1.82) is 0 Å². The van der Waals surface area contributed by atoms with Crippen molar-refractivity contribution < 1.29 is 18.7 Å². The van der Waals surface area contributed by atoms with Gasteiger partial charge in [-0.2, -0.15) is 0 Å². The van der Waals surface area contributed by atoms with Gasteiger partial charge in [-0.05, 0) is 71.1 Å². The average molecular weight is 431 g/mol. The number of hydrogen-bond donors (Lipinski definition) is 1. The Labute approximate surface area is 183 Å². The highest BCUT2D eigenvalue weighted by atomic mass is 32.2. The smallest absolute Gasteiger partial charge is 0.335 e. The zero-order valence-electron chi connectivity index (χ0n) is 16.6. The average Bonchev–Trinajstić information content (AvgIpc) is 2.78. The fourth-order valence-electron chi connectivity index (χ4n) is 3.57. The predicted octanol–water partition coefficient (Wildman–Crippen LogP) is 5.26. The SMILES string of the molecule is O=C(O)c1cccc(CCc2ccc(N(c3ccc4ccccc4c3)S(=O)[O-])cc2)c1. The molecule has 0 saturated heterocycles. The van der Waals surface area contributed by atoms with E-state index < -0.39 is 17.2 Å². The number of hydrogen-bond acceptors (Lipinski definition) is 3. The van der Waals surface area contributed by atoms with Gasteiger partial charge in [-0.15, -0.1) is 0 Å². The minimum Gasteiger partial charge on any atom is -0.755 e. The van der Waals surface area contributed by atoms with E-state index >= 15 is 0 Å². The summed E-state index contributed by atoms with van der Waals surface area (Å²) in [6.07, 6.45) is 1.42. The summed E-state index contributed by atoms with van der Waals surface area (Å²) < 4.78 is 25.3. The van der Waals surface area contributed by atoms with E-state index in [1.807, 2.05) is 54.6 Å². The third-order valence-electron chi connectivity index (χ3n) is 5.16. The molecule has 4 aromatic rings. The van der Waals surface area contributed by atoms with Crippen LogP contribution in [0.4, 0.5) is 11.4 Å². The topological polar surface area (TPSA) is 80.7 Å². The molecule has 4 rings (SSSR count). The van der Waals surface area contributed by atoms with Crippen molar-refractivity contribution in [1.82, 2.24) is 0 Å². The van der Waals surface area contributed by atoms with Gasteiger partial charge in [0, 0.05) is 0 Å². The van der Waals surface area contributed by atoms with E-state index in [4.69, 9.17) is 5.11 Å². The second-order valence-corrected chi connectivity index (χ2v) is 8.01. The summed E-state index contributed by atoms with van der Waals surface area (Å²) in [4.78, 5) is 11.1. The lowest BCUT2D eigenvalue weighted by molar-refractivity contribution is 0.0696. The van der Waals surface area contributed by atoms with Crippen LogP contribution in [0.2, 0.25) is 0 Å². The maximum atomic E-state index is 12.0. The number of carboxylic acid groups (broad SMARTS) is 1. The fourth-order valence-corrected chi connectivity index (χ4v) is 4.15. The van der Waals surface area contributed by atoms with Crippen molar-refractivity contribution in [3.05, 3.63) is 108 Å². The van der Waals surface area contributed by atoms with Gasteiger partial charge in [0.15, 0.2) is 0 Å². The summed E-state index contributed by atoms with van der Waals surface area (Å²) >= 11 is -2.47. The molecule has 0 fully saturated rings. The summed E-state index contributed by atoms with van der Waals surface area (Å²) in [5.74, 6) is -0.939. The number of nitrogens with zero attached hydrogens (tertiary/aromatic N) is 1. The molecule has 1 N–H and O–H groups in total. The Hall–Kier alpha value is -3.48. The molecule has 6 heteroatoms. The largest absolute Gasteiger partial charge is 0.755 e. The van der Waals surface area contributed by atoms with Gasteiger partial charge in [-0.3, -0.25) is 8.51 Å². The predicted molar refractivity (Wildman–Crippen MR) is 122 cm³/mol. The molecule has 0 radical (unpaired) electrons. The fraction of sp³-hybridized carbons (Fsp3) is 0.0800. The Balaban J connectivity index is 1.53. The highest BCUT2D eigenvalue weighted by Gasteiger charge is 2.11. The number of aromatic carboxylic acids is 1. The third-order valence-corrected chi connectivity index (χ3v) is 5.88. The van der Waals surface area contributed by atoms with Crippen LogP contribution in [0, 0.1) is 0 Å². The minimum absolute atomic E-state index is 0.275. The number of anilines is 2. The van der Waals surface area contributed by atoms with Crippen LogP contribution in [-0.2, 0) is 24.1 Å². The minimum atomic E-state index is -2.47. The first-order valence-electron chi connectivity index (χ1n) is 9.81. The van der Waals surface area contributed by atoms with Crippen LogP contribution in [-0.4, -0.2) is 19.8 Å². The van der Waals surface area contributed by atoms with E-state index in [9.17, 15) is 13.6 Å². The first-order valence-corrected chi connectivity index (χ1v) is 10.8. The van der Waals surface area contributed by atoms with E-state index in [-0.39, 0.29) is 5.56 Å². The molecule has 0 aliphatic rings. The number of benzene rings is 4. The molecule has 0 heterocycles. The van der Waals surface area contributed by atoms with Gasteiger partial charge in [-0.25, -0.2) is 4.79 Å². The molecule has 31 heavy (non-hydrogen) atoms. The molecule has 0 aliphatic heterocycles. The van der Waals surface area contributed by atoms with Gasteiger partial charge in [0.1, 0.15) is 0 Å².